The maximum atomic E-state index is 14.6. The van der Waals surface area contributed by atoms with E-state index in [9.17, 15) is 18.0 Å². The molecule has 1 amide bonds. The number of rotatable bonds is 8. The van der Waals surface area contributed by atoms with Gasteiger partial charge in [0.05, 0.1) is 68.5 Å². The Morgan fingerprint density at radius 1 is 0.962 bits per heavy atom. The van der Waals surface area contributed by atoms with Gasteiger partial charge in [0.25, 0.3) is 5.91 Å². The Kier molecular flexibility index (Phi) is 9.11. The number of carbonyl (C=O) groups excluding carboxylic acids is 2. The van der Waals surface area contributed by atoms with Crippen molar-refractivity contribution in [1.82, 2.24) is 19.1 Å². The number of ketones is 1. The second-order valence-corrected chi connectivity index (χ2v) is 17.3. The fourth-order valence-electron chi connectivity index (χ4n) is 8.88. The molecule has 12 heteroatoms. The highest BCUT2D eigenvalue weighted by Gasteiger charge is 2.44. The van der Waals surface area contributed by atoms with Crippen molar-refractivity contribution in [2.45, 2.75) is 63.7 Å². The third kappa shape index (κ3) is 5.98. The lowest BCUT2D eigenvalue weighted by atomic mass is 9.74. The van der Waals surface area contributed by atoms with Crippen molar-refractivity contribution >= 4 is 44.3 Å². The zero-order valence-corrected chi connectivity index (χ0v) is 31.0. The molecule has 1 saturated carbocycles. The summed E-state index contributed by atoms with van der Waals surface area (Å²) in [5.41, 5.74) is 7.64. The zero-order chi connectivity index (χ0) is 36.3. The number of allylic oxidation sites excluding steroid dienone is 1. The molecule has 8 rings (SSSR count). The quantitative estimate of drug-likeness (QED) is 0.212. The van der Waals surface area contributed by atoms with E-state index < -0.39 is 21.2 Å². The SMILES string of the molecule is COc1ccc2c(c1)C=C(c1c(C(=O)C3C4COCC3COC4)cnn1C)Cn1c-2c(C2CCCCC2)c2ccc(C(=O)NS(=O)(=O)C(C)C)cc21. The van der Waals surface area contributed by atoms with Crippen LogP contribution < -0.4 is 9.46 Å². The van der Waals surface area contributed by atoms with Crippen LogP contribution in [-0.2, 0) is 33.1 Å². The van der Waals surface area contributed by atoms with E-state index in [1.165, 1.54) is 12.0 Å². The number of amides is 1. The van der Waals surface area contributed by atoms with Crippen LogP contribution in [0.15, 0.2) is 42.6 Å². The van der Waals surface area contributed by atoms with Crippen LogP contribution in [0, 0.1) is 17.8 Å². The number of nitrogens with one attached hydrogen (secondary N) is 1. The number of aromatic nitrogens is 3. The predicted octanol–water partition coefficient (Wildman–Crippen LogP) is 6.21. The van der Waals surface area contributed by atoms with Gasteiger partial charge in [-0.25, -0.2) is 13.1 Å². The molecule has 0 radical (unpaired) electrons. The maximum absolute atomic E-state index is 14.6. The molecule has 3 aliphatic heterocycles. The first kappa shape index (κ1) is 34.8. The van der Waals surface area contributed by atoms with Crippen LogP contribution in [0.3, 0.4) is 0 Å². The fourth-order valence-corrected chi connectivity index (χ4v) is 9.49. The average molecular weight is 727 g/mol. The third-order valence-electron chi connectivity index (χ3n) is 11.6. The molecule has 2 aromatic carbocycles. The van der Waals surface area contributed by atoms with Gasteiger partial charge in [0.1, 0.15) is 5.75 Å². The second kappa shape index (κ2) is 13.6. The van der Waals surface area contributed by atoms with E-state index in [1.807, 2.05) is 31.3 Å². The smallest absolute Gasteiger partial charge is 0.264 e. The lowest BCUT2D eigenvalue weighted by Crippen LogP contribution is -2.48. The van der Waals surface area contributed by atoms with Gasteiger partial charge in [-0.1, -0.05) is 25.3 Å². The molecule has 1 N–H and O–H groups in total. The number of hydrogen-bond acceptors (Lipinski definition) is 8. The van der Waals surface area contributed by atoms with Crippen LogP contribution in [0.2, 0.25) is 0 Å². The Labute approximate surface area is 304 Å². The molecule has 4 aliphatic rings. The van der Waals surface area contributed by atoms with Crippen LogP contribution >= 0.6 is 0 Å². The van der Waals surface area contributed by atoms with Gasteiger partial charge in [-0.2, -0.15) is 5.10 Å². The minimum Gasteiger partial charge on any atom is -0.497 e. The average Bonchev–Trinajstić information content (AvgIpc) is 3.62. The van der Waals surface area contributed by atoms with Crippen LogP contribution in [0.5, 0.6) is 5.75 Å². The van der Waals surface area contributed by atoms with Crippen molar-refractivity contribution in [3.63, 3.8) is 0 Å². The Morgan fingerprint density at radius 3 is 2.35 bits per heavy atom. The van der Waals surface area contributed by atoms with Gasteiger partial charge in [0, 0.05) is 46.8 Å². The monoisotopic (exact) mass is 726 g/mol. The molecule has 2 bridgehead atoms. The summed E-state index contributed by atoms with van der Waals surface area (Å²) in [6, 6.07) is 11.7. The Morgan fingerprint density at radius 2 is 1.67 bits per heavy atom. The molecule has 52 heavy (non-hydrogen) atoms. The molecule has 11 nitrogen and oxygen atoms in total. The summed E-state index contributed by atoms with van der Waals surface area (Å²) in [6.07, 6.45) is 9.45. The molecule has 0 spiro atoms. The third-order valence-corrected chi connectivity index (χ3v) is 13.3. The van der Waals surface area contributed by atoms with E-state index in [-0.39, 0.29) is 29.1 Å². The summed E-state index contributed by atoms with van der Waals surface area (Å²) < 4.78 is 49.2. The highest BCUT2D eigenvalue weighted by molar-refractivity contribution is 7.90. The number of Topliss-reactive ketones (excluding diaryl/α,β-unsaturated/α-hetero) is 1. The van der Waals surface area contributed by atoms with E-state index in [0.717, 1.165) is 70.4 Å². The molecule has 3 fully saturated rings. The number of hydrogen-bond donors (Lipinski definition) is 1. The first-order chi connectivity index (χ1) is 25.1. The van der Waals surface area contributed by atoms with Crippen molar-refractivity contribution in [3.05, 3.63) is 70.5 Å². The maximum Gasteiger partial charge on any atom is 0.264 e. The number of carbonyl (C=O) groups is 2. The van der Waals surface area contributed by atoms with Crippen LogP contribution in [0.4, 0.5) is 0 Å². The molecule has 1 aliphatic carbocycles. The highest BCUT2D eigenvalue weighted by Crippen LogP contribution is 2.48. The van der Waals surface area contributed by atoms with E-state index in [0.29, 0.717) is 44.5 Å². The summed E-state index contributed by atoms with van der Waals surface area (Å²) in [6.45, 7) is 5.47. The number of sulfonamides is 1. The summed E-state index contributed by atoms with van der Waals surface area (Å²) in [5, 5.41) is 4.94. The Hall–Kier alpha value is -4.26. The molecule has 274 valence electrons. The van der Waals surface area contributed by atoms with Gasteiger partial charge in [0.15, 0.2) is 5.78 Å². The summed E-state index contributed by atoms with van der Waals surface area (Å²) in [5.74, 6) is 0.200. The number of nitrogens with zero attached hydrogens (tertiary/aromatic N) is 3. The molecule has 5 heterocycles. The minimum absolute atomic E-state index is 0.0109. The predicted molar refractivity (Wildman–Crippen MR) is 199 cm³/mol. The molecule has 0 unspecified atom stereocenters. The van der Waals surface area contributed by atoms with Crippen molar-refractivity contribution in [1.29, 1.82) is 0 Å². The van der Waals surface area contributed by atoms with Crippen molar-refractivity contribution < 1.29 is 32.2 Å². The van der Waals surface area contributed by atoms with Gasteiger partial charge in [-0.05, 0) is 85.7 Å². The summed E-state index contributed by atoms with van der Waals surface area (Å²) in [7, 11) is -0.305. The molecular weight excluding hydrogens is 681 g/mol. The molecule has 4 aromatic rings. The number of methoxy groups -OCH3 is 1. The number of benzene rings is 2. The normalized spacial score (nSPS) is 22.0. The molecule has 2 aromatic heterocycles. The molecule has 2 saturated heterocycles. The van der Waals surface area contributed by atoms with Crippen molar-refractivity contribution in [2.75, 3.05) is 33.5 Å². The van der Waals surface area contributed by atoms with E-state index >= 15 is 0 Å². The summed E-state index contributed by atoms with van der Waals surface area (Å²) >= 11 is 0. The van der Waals surface area contributed by atoms with Crippen LogP contribution in [0.25, 0.3) is 33.8 Å². The first-order valence-electron chi connectivity index (χ1n) is 18.4. The largest absolute Gasteiger partial charge is 0.497 e. The number of aryl methyl sites for hydroxylation is 1. The van der Waals surface area contributed by atoms with Gasteiger partial charge in [0.2, 0.25) is 10.0 Å². The fraction of sp³-hybridized carbons (Fsp3) is 0.475. The zero-order valence-electron chi connectivity index (χ0n) is 30.2. The highest BCUT2D eigenvalue weighted by atomic mass is 32.2. The van der Waals surface area contributed by atoms with Crippen molar-refractivity contribution in [3.8, 4) is 17.0 Å². The van der Waals surface area contributed by atoms with E-state index in [1.54, 1.807) is 37.9 Å². The molecule has 0 atom stereocenters. The van der Waals surface area contributed by atoms with Gasteiger partial charge < -0.3 is 18.8 Å². The lowest BCUT2D eigenvalue weighted by Gasteiger charge is -2.41. The van der Waals surface area contributed by atoms with Gasteiger partial charge in [-0.15, -0.1) is 0 Å². The minimum atomic E-state index is -3.84. The van der Waals surface area contributed by atoms with Gasteiger partial charge >= 0.3 is 0 Å². The summed E-state index contributed by atoms with van der Waals surface area (Å²) in [4.78, 5) is 28.0. The Balaban J connectivity index is 1.32. The molecular formula is C40H46N4O7S. The number of ether oxygens (including phenoxy) is 3. The van der Waals surface area contributed by atoms with Crippen molar-refractivity contribution in [2.24, 2.45) is 24.8 Å². The number of fused-ring (bicyclic) bond motifs is 7. The standard InChI is InChI=1S/C40H46N4O7S/c1-23(2)52(47,48)42-40(46)25-10-12-32-34(16-25)44-18-27(37-33(17-41-43(37)3)39(45)35-28-19-50-21-29(35)22-51-20-28)14-26-15-30(49-4)11-13-31(26)38(44)36(32)24-8-6-5-7-9-24/h10-17,23-24,28-29,35H,5-9,18-22H2,1-4H3,(H,42,46). The van der Waals surface area contributed by atoms with E-state index in [2.05, 4.69) is 26.5 Å². The van der Waals surface area contributed by atoms with E-state index in [4.69, 9.17) is 14.2 Å². The van der Waals surface area contributed by atoms with Crippen LogP contribution in [0.1, 0.15) is 89.4 Å². The topological polar surface area (TPSA) is 131 Å². The van der Waals surface area contributed by atoms with Crippen LogP contribution in [-0.4, -0.2) is 73.2 Å². The second-order valence-electron chi connectivity index (χ2n) is 15.1. The lowest BCUT2D eigenvalue weighted by molar-refractivity contribution is -0.115. The first-order valence-corrected chi connectivity index (χ1v) is 19.9. The van der Waals surface area contributed by atoms with Gasteiger partial charge in [-0.3, -0.25) is 14.3 Å². The Bertz CT molecular complexity index is 2190.